The molecule has 5 rings (SSSR count). The highest BCUT2D eigenvalue weighted by atomic mass is 15.3. The van der Waals surface area contributed by atoms with Gasteiger partial charge >= 0.3 is 0 Å². The molecule has 0 spiro atoms. The highest BCUT2D eigenvalue weighted by Crippen LogP contribution is 2.54. The summed E-state index contributed by atoms with van der Waals surface area (Å²) in [5.41, 5.74) is 5.39. The number of rotatable bonds is 2. The molecule has 6 nitrogen and oxygen atoms in total. The lowest BCUT2D eigenvalue weighted by atomic mass is 9.72. The summed E-state index contributed by atoms with van der Waals surface area (Å²) in [5.74, 6) is 0. The Bertz CT molecular complexity index is 962. The lowest BCUT2D eigenvalue weighted by Crippen LogP contribution is -2.31. The van der Waals surface area contributed by atoms with E-state index in [0.717, 1.165) is 33.6 Å². The van der Waals surface area contributed by atoms with E-state index >= 15 is 0 Å². The Kier molecular flexibility index (Phi) is 2.90. The predicted octanol–water partition coefficient (Wildman–Crippen LogP) is 2.42. The van der Waals surface area contributed by atoms with E-state index in [2.05, 4.69) is 55.1 Å². The fourth-order valence-electron chi connectivity index (χ4n) is 3.80. The largest absolute Gasteiger partial charge is 0.139 e. The van der Waals surface area contributed by atoms with E-state index in [-0.39, 0.29) is 0 Å². The zero-order valence-electron chi connectivity index (χ0n) is 13.1. The summed E-state index contributed by atoms with van der Waals surface area (Å²) < 4.78 is 0. The number of hydrogen-bond donors (Lipinski definition) is 0. The van der Waals surface area contributed by atoms with Crippen LogP contribution in [-0.2, 0) is 5.41 Å². The number of nitrogens with zero attached hydrogens (tertiary/aromatic N) is 6. The van der Waals surface area contributed by atoms with Gasteiger partial charge in [-0.15, -0.1) is 20.4 Å². The summed E-state index contributed by atoms with van der Waals surface area (Å²) in [6.45, 7) is 0. The second-order valence-electron chi connectivity index (χ2n) is 5.85. The van der Waals surface area contributed by atoms with Crippen LogP contribution in [0.25, 0.3) is 11.1 Å². The molecule has 0 bridgehead atoms. The Balaban J connectivity index is 1.98. The first-order chi connectivity index (χ1) is 12.4. The van der Waals surface area contributed by atoms with Crippen LogP contribution in [0.5, 0.6) is 0 Å². The van der Waals surface area contributed by atoms with Crippen molar-refractivity contribution < 1.29 is 0 Å². The highest BCUT2D eigenvalue weighted by Gasteiger charge is 2.48. The quantitative estimate of drug-likeness (QED) is 0.496. The Morgan fingerprint density at radius 1 is 0.560 bits per heavy atom. The first kappa shape index (κ1) is 13.9. The molecule has 0 amide bonds. The fourth-order valence-corrected chi connectivity index (χ4v) is 3.80. The second kappa shape index (κ2) is 5.24. The number of hydrogen-bond acceptors (Lipinski definition) is 6. The first-order valence-corrected chi connectivity index (χ1v) is 7.91. The van der Waals surface area contributed by atoms with E-state index in [1.54, 1.807) is 12.4 Å². The summed E-state index contributed by atoms with van der Waals surface area (Å²) >= 11 is 0. The van der Waals surface area contributed by atoms with Crippen molar-refractivity contribution >= 4 is 0 Å². The minimum Gasteiger partial charge on any atom is -0.139 e. The monoisotopic (exact) mass is 324 g/mol. The molecule has 0 aliphatic heterocycles. The molecule has 0 saturated carbocycles. The van der Waals surface area contributed by atoms with Crippen molar-refractivity contribution in [2.24, 2.45) is 0 Å². The maximum Gasteiger partial charge on any atom is 0.110 e. The van der Waals surface area contributed by atoms with Crippen LogP contribution in [0, 0.1) is 0 Å². The topological polar surface area (TPSA) is 77.3 Å². The van der Waals surface area contributed by atoms with Crippen molar-refractivity contribution in [3.8, 4) is 11.1 Å². The van der Waals surface area contributed by atoms with Gasteiger partial charge in [-0.2, -0.15) is 0 Å². The summed E-state index contributed by atoms with van der Waals surface area (Å²) in [4.78, 5) is 0. The molecule has 1 aliphatic carbocycles. The molecule has 118 valence electrons. The average molecular weight is 324 g/mol. The van der Waals surface area contributed by atoms with Gasteiger partial charge in [-0.05, 0) is 44.8 Å². The number of fused-ring (bicyclic) bond motifs is 3. The van der Waals surface area contributed by atoms with Crippen molar-refractivity contribution in [3.05, 3.63) is 95.6 Å². The van der Waals surface area contributed by atoms with Gasteiger partial charge in [0.05, 0.1) is 23.8 Å². The van der Waals surface area contributed by atoms with Crippen molar-refractivity contribution in [2.45, 2.75) is 5.41 Å². The van der Waals surface area contributed by atoms with Crippen molar-refractivity contribution in [1.82, 2.24) is 30.8 Å². The molecule has 0 fully saturated rings. The maximum atomic E-state index is 4.36. The molecule has 4 aromatic rings. The molecular weight excluding hydrogens is 312 g/mol. The van der Waals surface area contributed by atoms with E-state index in [0.29, 0.717) is 0 Å². The van der Waals surface area contributed by atoms with Crippen molar-refractivity contribution in [1.29, 1.82) is 0 Å². The number of aromatic nitrogens is 6. The normalized spacial score (nSPS) is 13.9. The molecule has 2 aromatic heterocycles. The third-order valence-electron chi connectivity index (χ3n) is 4.73. The zero-order chi connectivity index (χ0) is 16.7. The van der Waals surface area contributed by atoms with Crippen LogP contribution in [0.3, 0.4) is 0 Å². The summed E-state index contributed by atoms with van der Waals surface area (Å²) in [6.07, 6.45) is 3.31. The van der Waals surface area contributed by atoms with Crippen molar-refractivity contribution in [2.75, 3.05) is 0 Å². The lowest BCUT2D eigenvalue weighted by molar-refractivity contribution is 0.641. The molecule has 2 aromatic carbocycles. The molecular formula is C19H12N6. The van der Waals surface area contributed by atoms with Crippen LogP contribution in [0.4, 0.5) is 0 Å². The van der Waals surface area contributed by atoms with Crippen molar-refractivity contribution in [3.63, 3.8) is 0 Å². The number of benzene rings is 2. The van der Waals surface area contributed by atoms with Gasteiger partial charge in [-0.3, -0.25) is 0 Å². The Morgan fingerprint density at radius 2 is 1.04 bits per heavy atom. The SMILES string of the molecule is c1ccc2c(c1)-c1ccccc1C2(c1ccnnn1)c1ccnnn1. The van der Waals surface area contributed by atoms with E-state index in [1.165, 1.54) is 0 Å². The van der Waals surface area contributed by atoms with Gasteiger partial charge in [0, 0.05) is 0 Å². The van der Waals surface area contributed by atoms with Gasteiger partial charge in [0.25, 0.3) is 0 Å². The standard InChI is InChI=1S/C19H12N6/c1-3-7-15-13(5-1)14-6-2-4-8-16(14)19(15,17-9-11-20-24-22-17)18-10-12-21-25-23-18/h1-12H. The Labute approximate surface area is 143 Å². The van der Waals surface area contributed by atoms with Gasteiger partial charge in [-0.1, -0.05) is 48.5 Å². The van der Waals surface area contributed by atoms with Crippen LogP contribution in [0.15, 0.2) is 73.1 Å². The molecule has 2 heterocycles. The third-order valence-corrected chi connectivity index (χ3v) is 4.73. The lowest BCUT2D eigenvalue weighted by Gasteiger charge is -2.29. The maximum absolute atomic E-state index is 4.36. The zero-order valence-corrected chi connectivity index (χ0v) is 13.1. The van der Waals surface area contributed by atoms with Crippen LogP contribution in [0.1, 0.15) is 22.5 Å². The van der Waals surface area contributed by atoms with Gasteiger partial charge in [0.1, 0.15) is 5.41 Å². The first-order valence-electron chi connectivity index (χ1n) is 7.91. The summed E-state index contributed by atoms with van der Waals surface area (Å²) in [6, 6.07) is 20.4. The van der Waals surface area contributed by atoms with Gasteiger partial charge in [-0.25, -0.2) is 0 Å². The van der Waals surface area contributed by atoms with Crippen LogP contribution < -0.4 is 0 Å². The highest BCUT2D eigenvalue weighted by molar-refractivity contribution is 5.85. The van der Waals surface area contributed by atoms with E-state index in [4.69, 9.17) is 0 Å². The molecule has 0 radical (unpaired) electrons. The molecule has 0 atom stereocenters. The van der Waals surface area contributed by atoms with Crippen LogP contribution >= 0.6 is 0 Å². The van der Waals surface area contributed by atoms with E-state index < -0.39 is 5.41 Å². The van der Waals surface area contributed by atoms with Crippen LogP contribution in [-0.4, -0.2) is 30.8 Å². The molecule has 0 N–H and O–H groups in total. The second-order valence-corrected chi connectivity index (χ2v) is 5.85. The Morgan fingerprint density at radius 3 is 1.48 bits per heavy atom. The molecule has 1 aliphatic rings. The third kappa shape index (κ3) is 1.79. The minimum atomic E-state index is -0.681. The molecule has 25 heavy (non-hydrogen) atoms. The van der Waals surface area contributed by atoms with E-state index in [9.17, 15) is 0 Å². The molecule has 0 unspecified atom stereocenters. The molecule has 6 heteroatoms. The summed E-state index contributed by atoms with van der Waals surface area (Å²) in [5, 5.41) is 24.2. The fraction of sp³-hybridized carbons (Fsp3) is 0.0526. The smallest absolute Gasteiger partial charge is 0.110 e. The minimum absolute atomic E-state index is 0.681. The van der Waals surface area contributed by atoms with E-state index in [1.807, 2.05) is 36.4 Å². The van der Waals surface area contributed by atoms with Gasteiger partial charge in [0.15, 0.2) is 0 Å². The van der Waals surface area contributed by atoms with Gasteiger partial charge in [0.2, 0.25) is 0 Å². The predicted molar refractivity (Wildman–Crippen MR) is 90.5 cm³/mol. The molecule has 0 saturated heterocycles. The summed E-state index contributed by atoms with van der Waals surface area (Å²) in [7, 11) is 0. The Hall–Kier alpha value is -3.54. The van der Waals surface area contributed by atoms with Gasteiger partial charge < -0.3 is 0 Å². The average Bonchev–Trinajstić information content (AvgIpc) is 3.01. The van der Waals surface area contributed by atoms with Crippen LogP contribution in [0.2, 0.25) is 0 Å².